The normalized spacial score (nSPS) is 10.6. The highest BCUT2D eigenvalue weighted by Gasteiger charge is 2.12. The first kappa shape index (κ1) is 16.7. The summed E-state index contributed by atoms with van der Waals surface area (Å²) < 4.78 is 15.2. The van der Waals surface area contributed by atoms with Crippen LogP contribution >= 0.6 is 0 Å². The third-order valence-electron chi connectivity index (χ3n) is 3.51. The molecule has 130 valence electrons. The van der Waals surface area contributed by atoms with Gasteiger partial charge in [-0.1, -0.05) is 10.3 Å². The smallest absolute Gasteiger partial charge is 0.236 e. The van der Waals surface area contributed by atoms with Gasteiger partial charge in [0.2, 0.25) is 17.6 Å². The number of nitrogens with one attached hydrogen (secondary N) is 1. The molecule has 2 heterocycles. The number of nitrogens with zero attached hydrogens (tertiary/aromatic N) is 3. The number of hydrogen-bond donors (Lipinski definition) is 1. The zero-order chi connectivity index (χ0) is 17.6. The Morgan fingerprint density at radius 3 is 2.68 bits per heavy atom. The minimum Gasteiger partial charge on any atom is -0.497 e. The minimum absolute atomic E-state index is 0.0288. The first-order valence-electron chi connectivity index (χ1n) is 7.80. The molecule has 25 heavy (non-hydrogen) atoms. The van der Waals surface area contributed by atoms with E-state index in [1.807, 2.05) is 37.3 Å². The Hall–Kier alpha value is -3.16. The van der Waals surface area contributed by atoms with Crippen LogP contribution in [-0.4, -0.2) is 34.9 Å². The predicted molar refractivity (Wildman–Crippen MR) is 87.9 cm³/mol. The molecule has 0 radical (unpaired) electrons. The van der Waals surface area contributed by atoms with Crippen molar-refractivity contribution in [2.24, 2.45) is 0 Å². The largest absolute Gasteiger partial charge is 0.497 e. The summed E-state index contributed by atoms with van der Waals surface area (Å²) in [7, 11) is 1.60. The van der Waals surface area contributed by atoms with Crippen LogP contribution in [0.5, 0.6) is 5.75 Å². The molecule has 3 rings (SSSR count). The van der Waals surface area contributed by atoms with Crippen molar-refractivity contribution < 1.29 is 18.6 Å². The van der Waals surface area contributed by atoms with Crippen LogP contribution in [0.15, 0.2) is 39.4 Å². The van der Waals surface area contributed by atoms with Gasteiger partial charge in [-0.3, -0.25) is 4.79 Å². The lowest BCUT2D eigenvalue weighted by atomic mass is 10.2. The molecule has 8 nitrogen and oxygen atoms in total. The number of rotatable bonds is 7. The number of amides is 1. The Balaban J connectivity index is 1.50. The second-order valence-electron chi connectivity index (χ2n) is 5.45. The minimum atomic E-state index is -0.190. The topological polar surface area (TPSA) is 103 Å². The fourth-order valence-electron chi connectivity index (χ4n) is 2.25. The molecule has 0 saturated heterocycles. The van der Waals surface area contributed by atoms with E-state index in [2.05, 4.69) is 20.6 Å². The highest BCUT2D eigenvalue weighted by molar-refractivity contribution is 5.77. The van der Waals surface area contributed by atoms with Crippen LogP contribution in [-0.2, 0) is 17.6 Å². The molecule has 0 aliphatic rings. The maximum absolute atomic E-state index is 11.9. The van der Waals surface area contributed by atoms with Crippen LogP contribution in [0.1, 0.15) is 17.3 Å². The van der Waals surface area contributed by atoms with Crippen molar-refractivity contribution in [3.05, 3.63) is 47.7 Å². The van der Waals surface area contributed by atoms with Gasteiger partial charge < -0.3 is 19.1 Å². The van der Waals surface area contributed by atoms with Crippen LogP contribution in [0, 0.1) is 6.92 Å². The first-order chi connectivity index (χ1) is 12.1. The molecule has 1 aromatic carbocycles. The van der Waals surface area contributed by atoms with Crippen molar-refractivity contribution >= 4 is 5.91 Å². The SMILES string of the molecule is COc1ccc(-c2noc(CC(=O)NCCc3cc(C)on3)n2)cc1. The zero-order valence-electron chi connectivity index (χ0n) is 14.0. The second-order valence-corrected chi connectivity index (χ2v) is 5.45. The van der Waals surface area contributed by atoms with Gasteiger partial charge in [-0.2, -0.15) is 4.98 Å². The van der Waals surface area contributed by atoms with E-state index in [1.54, 1.807) is 7.11 Å². The van der Waals surface area contributed by atoms with Crippen molar-refractivity contribution in [2.45, 2.75) is 19.8 Å². The van der Waals surface area contributed by atoms with Crippen molar-refractivity contribution in [1.82, 2.24) is 20.6 Å². The number of ether oxygens (including phenoxy) is 1. The summed E-state index contributed by atoms with van der Waals surface area (Å²) in [6, 6.07) is 9.11. The number of methoxy groups -OCH3 is 1. The Morgan fingerprint density at radius 2 is 2.00 bits per heavy atom. The molecule has 2 aromatic heterocycles. The van der Waals surface area contributed by atoms with Crippen LogP contribution in [0.4, 0.5) is 0 Å². The van der Waals surface area contributed by atoms with Crippen molar-refractivity contribution in [3.8, 4) is 17.1 Å². The van der Waals surface area contributed by atoms with E-state index in [9.17, 15) is 4.79 Å². The monoisotopic (exact) mass is 342 g/mol. The number of hydrogen-bond acceptors (Lipinski definition) is 7. The van der Waals surface area contributed by atoms with E-state index in [0.717, 1.165) is 22.8 Å². The summed E-state index contributed by atoms with van der Waals surface area (Å²) in [6.45, 7) is 2.29. The molecule has 3 aromatic rings. The van der Waals surface area contributed by atoms with Gasteiger partial charge in [0, 0.05) is 24.6 Å². The number of aryl methyl sites for hydroxylation is 1. The van der Waals surface area contributed by atoms with Gasteiger partial charge in [-0.15, -0.1) is 0 Å². The van der Waals surface area contributed by atoms with Gasteiger partial charge in [0.05, 0.1) is 12.8 Å². The second kappa shape index (κ2) is 7.61. The van der Waals surface area contributed by atoms with Gasteiger partial charge in [0.1, 0.15) is 17.9 Å². The molecule has 0 fully saturated rings. The Bertz CT molecular complexity index is 838. The summed E-state index contributed by atoms with van der Waals surface area (Å²) in [4.78, 5) is 16.2. The Morgan fingerprint density at radius 1 is 1.20 bits per heavy atom. The molecular weight excluding hydrogens is 324 g/mol. The van der Waals surface area contributed by atoms with Gasteiger partial charge in [-0.05, 0) is 31.2 Å². The van der Waals surface area contributed by atoms with Crippen molar-refractivity contribution in [2.75, 3.05) is 13.7 Å². The zero-order valence-corrected chi connectivity index (χ0v) is 14.0. The fourth-order valence-corrected chi connectivity index (χ4v) is 2.25. The summed E-state index contributed by atoms with van der Waals surface area (Å²) in [6.07, 6.45) is 0.630. The molecule has 0 atom stereocenters. The lowest BCUT2D eigenvalue weighted by Gasteiger charge is -2.00. The molecule has 0 aliphatic heterocycles. The number of carbonyl (C=O) groups is 1. The Kier molecular flexibility index (Phi) is 5.08. The summed E-state index contributed by atoms with van der Waals surface area (Å²) in [5.74, 6) is 2.00. The van der Waals surface area contributed by atoms with Crippen LogP contribution in [0.25, 0.3) is 11.4 Å². The lowest BCUT2D eigenvalue weighted by Crippen LogP contribution is -2.27. The van der Waals surface area contributed by atoms with E-state index in [0.29, 0.717) is 18.8 Å². The maximum Gasteiger partial charge on any atom is 0.236 e. The molecule has 0 spiro atoms. The van der Waals surface area contributed by atoms with Crippen molar-refractivity contribution in [1.29, 1.82) is 0 Å². The summed E-state index contributed by atoms with van der Waals surface area (Å²) in [5.41, 5.74) is 1.59. The molecule has 0 aliphatic carbocycles. The molecule has 1 amide bonds. The molecule has 0 saturated carbocycles. The third kappa shape index (κ3) is 4.43. The lowest BCUT2D eigenvalue weighted by molar-refractivity contribution is -0.120. The number of aromatic nitrogens is 3. The maximum atomic E-state index is 11.9. The highest BCUT2D eigenvalue weighted by Crippen LogP contribution is 2.19. The average molecular weight is 342 g/mol. The molecule has 8 heteroatoms. The van der Waals surface area contributed by atoms with Crippen LogP contribution in [0.3, 0.4) is 0 Å². The number of benzene rings is 1. The van der Waals surface area contributed by atoms with Crippen LogP contribution < -0.4 is 10.1 Å². The highest BCUT2D eigenvalue weighted by atomic mass is 16.5. The molecule has 0 unspecified atom stereocenters. The van der Waals surface area contributed by atoms with E-state index >= 15 is 0 Å². The summed E-state index contributed by atoms with van der Waals surface area (Å²) >= 11 is 0. The molecule has 1 N–H and O–H groups in total. The molecule has 0 bridgehead atoms. The summed E-state index contributed by atoms with van der Waals surface area (Å²) in [5, 5.41) is 10.6. The molecular formula is C17H18N4O4. The standard InChI is InChI=1S/C17H18N4O4/c1-11-9-13(20-24-11)7-8-18-15(22)10-16-19-17(21-25-16)12-3-5-14(23-2)6-4-12/h3-6,9H,7-8,10H2,1-2H3,(H,18,22). The Labute approximate surface area is 144 Å². The first-order valence-corrected chi connectivity index (χ1v) is 7.80. The fraction of sp³-hybridized carbons (Fsp3) is 0.294. The number of carbonyl (C=O) groups excluding carboxylic acids is 1. The van der Waals surface area contributed by atoms with Crippen LogP contribution in [0.2, 0.25) is 0 Å². The van der Waals surface area contributed by atoms with E-state index in [4.69, 9.17) is 13.8 Å². The third-order valence-corrected chi connectivity index (χ3v) is 3.51. The van der Waals surface area contributed by atoms with Gasteiger partial charge in [0.15, 0.2) is 0 Å². The van der Waals surface area contributed by atoms with E-state index in [-0.39, 0.29) is 18.2 Å². The van der Waals surface area contributed by atoms with Gasteiger partial charge >= 0.3 is 0 Å². The quantitative estimate of drug-likeness (QED) is 0.700. The van der Waals surface area contributed by atoms with E-state index < -0.39 is 0 Å². The predicted octanol–water partition coefficient (Wildman–Crippen LogP) is 1.94. The van der Waals surface area contributed by atoms with Gasteiger partial charge in [0.25, 0.3) is 0 Å². The van der Waals surface area contributed by atoms with E-state index in [1.165, 1.54) is 0 Å². The van der Waals surface area contributed by atoms with Gasteiger partial charge in [-0.25, -0.2) is 0 Å². The average Bonchev–Trinajstić information content (AvgIpc) is 3.24. The van der Waals surface area contributed by atoms with Crippen molar-refractivity contribution in [3.63, 3.8) is 0 Å².